The molecule has 2 aliphatic rings. The van der Waals surface area contributed by atoms with E-state index < -0.39 is 6.04 Å². The van der Waals surface area contributed by atoms with Crippen molar-refractivity contribution in [1.82, 2.24) is 15.1 Å². The number of amides is 2. The fourth-order valence-electron chi connectivity index (χ4n) is 3.76. The van der Waals surface area contributed by atoms with Crippen LogP contribution in [0.15, 0.2) is 24.4 Å². The van der Waals surface area contributed by atoms with Gasteiger partial charge in [0.2, 0.25) is 5.91 Å². The molecule has 2 N–H and O–H groups in total. The van der Waals surface area contributed by atoms with Crippen LogP contribution in [0.2, 0.25) is 0 Å². The van der Waals surface area contributed by atoms with E-state index in [2.05, 4.69) is 27.4 Å². The fraction of sp³-hybridized carbons (Fsp3) is 0.500. The Balaban J connectivity index is 1.62. The fourth-order valence-corrected chi connectivity index (χ4v) is 3.76. The summed E-state index contributed by atoms with van der Waals surface area (Å²) in [6, 6.07) is 5.74. The van der Waals surface area contributed by atoms with Gasteiger partial charge in [0.1, 0.15) is 6.04 Å². The first-order valence-electron chi connectivity index (χ1n) is 8.82. The third kappa shape index (κ3) is 3.00. The van der Waals surface area contributed by atoms with Crippen LogP contribution in [-0.2, 0) is 9.59 Å². The Bertz CT molecular complexity index is 808. The van der Waals surface area contributed by atoms with Crippen molar-refractivity contribution in [1.29, 1.82) is 0 Å². The molecular formula is C18H22N4O3. The van der Waals surface area contributed by atoms with E-state index in [-0.39, 0.29) is 18.4 Å². The zero-order valence-electron chi connectivity index (χ0n) is 14.0. The molecule has 1 aromatic heterocycles. The maximum absolute atomic E-state index is 12.2. The number of hydrogen-bond acceptors (Lipinski definition) is 5. The normalized spacial score (nSPS) is 22.4. The SMILES string of the molecule is O=C1CCC(n2ncc3ccc(N4CCC(CO)CC4)cc32)C(=O)N1. The molecule has 3 heterocycles. The molecule has 0 bridgehead atoms. The summed E-state index contributed by atoms with van der Waals surface area (Å²) in [6.45, 7) is 2.10. The predicted octanol–water partition coefficient (Wildman–Crippen LogP) is 1.22. The van der Waals surface area contributed by atoms with Crippen LogP contribution in [0, 0.1) is 5.92 Å². The number of aliphatic hydroxyl groups is 1. The molecular weight excluding hydrogens is 320 g/mol. The number of carbonyl (C=O) groups is 2. The lowest BCUT2D eigenvalue weighted by Crippen LogP contribution is -2.42. The quantitative estimate of drug-likeness (QED) is 0.819. The Morgan fingerprint density at radius 2 is 2.00 bits per heavy atom. The van der Waals surface area contributed by atoms with Crippen LogP contribution in [0.1, 0.15) is 31.7 Å². The van der Waals surface area contributed by atoms with Crippen LogP contribution in [0.3, 0.4) is 0 Å². The molecule has 1 aromatic carbocycles. The summed E-state index contributed by atoms with van der Waals surface area (Å²) in [5.74, 6) is -0.102. The molecule has 0 spiro atoms. The molecule has 132 valence electrons. The number of imide groups is 1. The van der Waals surface area contributed by atoms with E-state index in [0.29, 0.717) is 18.8 Å². The zero-order valence-corrected chi connectivity index (χ0v) is 14.0. The highest BCUT2D eigenvalue weighted by molar-refractivity contribution is 6.00. The molecule has 2 amide bonds. The van der Waals surface area contributed by atoms with Gasteiger partial charge in [-0.3, -0.25) is 19.6 Å². The Kier molecular flexibility index (Phi) is 4.17. The molecule has 2 aromatic rings. The van der Waals surface area contributed by atoms with Crippen molar-refractivity contribution in [3.63, 3.8) is 0 Å². The number of anilines is 1. The molecule has 7 nitrogen and oxygen atoms in total. The topological polar surface area (TPSA) is 87.5 Å². The largest absolute Gasteiger partial charge is 0.396 e. The number of aromatic nitrogens is 2. The van der Waals surface area contributed by atoms with Gasteiger partial charge in [0.05, 0.1) is 11.7 Å². The minimum absolute atomic E-state index is 0.217. The van der Waals surface area contributed by atoms with Crippen molar-refractivity contribution < 1.29 is 14.7 Å². The summed E-state index contributed by atoms with van der Waals surface area (Å²) in [5, 5.41) is 17.1. The van der Waals surface area contributed by atoms with Gasteiger partial charge in [0.15, 0.2) is 0 Å². The lowest BCUT2D eigenvalue weighted by molar-refractivity contribution is -0.135. The summed E-state index contributed by atoms with van der Waals surface area (Å²) in [7, 11) is 0. The van der Waals surface area contributed by atoms with E-state index in [0.717, 1.165) is 42.5 Å². The van der Waals surface area contributed by atoms with Gasteiger partial charge in [-0.2, -0.15) is 5.10 Å². The average Bonchev–Trinajstić information content (AvgIpc) is 3.05. The second kappa shape index (κ2) is 6.48. The number of hydrogen-bond donors (Lipinski definition) is 2. The van der Waals surface area contributed by atoms with Crippen LogP contribution in [0.5, 0.6) is 0 Å². The van der Waals surface area contributed by atoms with E-state index in [4.69, 9.17) is 0 Å². The number of aliphatic hydroxyl groups excluding tert-OH is 1. The van der Waals surface area contributed by atoms with Crippen LogP contribution >= 0.6 is 0 Å². The number of piperidine rings is 2. The van der Waals surface area contributed by atoms with E-state index in [1.807, 2.05) is 6.07 Å². The first kappa shape index (κ1) is 16.1. The number of carbonyl (C=O) groups excluding carboxylic acids is 2. The smallest absolute Gasteiger partial charge is 0.251 e. The molecule has 0 saturated carbocycles. The standard InChI is InChI=1S/C18H22N4O3/c23-11-12-5-7-21(8-6-12)14-2-1-13-10-19-22(16(13)9-14)15-3-4-17(24)20-18(15)25/h1-2,9-10,12,15,23H,3-8,11H2,(H,20,24,25). The van der Waals surface area contributed by atoms with E-state index >= 15 is 0 Å². The second-order valence-electron chi connectivity index (χ2n) is 6.91. The highest BCUT2D eigenvalue weighted by Gasteiger charge is 2.29. The van der Waals surface area contributed by atoms with Crippen molar-refractivity contribution >= 4 is 28.4 Å². The lowest BCUT2D eigenvalue weighted by Gasteiger charge is -2.33. The van der Waals surface area contributed by atoms with Gasteiger partial charge in [-0.25, -0.2) is 0 Å². The highest BCUT2D eigenvalue weighted by Crippen LogP contribution is 2.29. The number of nitrogens with one attached hydrogen (secondary N) is 1. The van der Waals surface area contributed by atoms with Crippen LogP contribution in [0.25, 0.3) is 10.9 Å². The molecule has 2 fully saturated rings. The van der Waals surface area contributed by atoms with Crippen molar-refractivity contribution in [2.45, 2.75) is 31.7 Å². The van der Waals surface area contributed by atoms with Gasteiger partial charge in [0.25, 0.3) is 5.91 Å². The first-order chi connectivity index (χ1) is 12.2. The maximum Gasteiger partial charge on any atom is 0.251 e. The van der Waals surface area contributed by atoms with Gasteiger partial charge >= 0.3 is 0 Å². The molecule has 1 unspecified atom stereocenters. The van der Waals surface area contributed by atoms with E-state index in [9.17, 15) is 14.7 Å². The Morgan fingerprint density at radius 3 is 2.72 bits per heavy atom. The third-order valence-corrected chi connectivity index (χ3v) is 5.33. The summed E-state index contributed by atoms with van der Waals surface area (Å²) < 4.78 is 1.74. The molecule has 1 atom stereocenters. The van der Waals surface area contributed by atoms with Gasteiger partial charge in [-0.15, -0.1) is 0 Å². The molecule has 4 rings (SSSR count). The second-order valence-corrected chi connectivity index (χ2v) is 6.91. The van der Waals surface area contributed by atoms with E-state index in [1.165, 1.54) is 0 Å². The van der Waals surface area contributed by atoms with Crippen molar-refractivity contribution in [3.05, 3.63) is 24.4 Å². The van der Waals surface area contributed by atoms with E-state index in [1.54, 1.807) is 10.9 Å². The highest BCUT2D eigenvalue weighted by atomic mass is 16.3. The summed E-state index contributed by atoms with van der Waals surface area (Å²) in [4.78, 5) is 25.9. The van der Waals surface area contributed by atoms with Crippen molar-refractivity contribution in [3.8, 4) is 0 Å². The molecule has 0 aliphatic carbocycles. The molecule has 7 heteroatoms. The van der Waals surface area contributed by atoms with Gasteiger partial charge < -0.3 is 10.0 Å². The van der Waals surface area contributed by atoms with Gasteiger partial charge in [-0.1, -0.05) is 0 Å². The van der Waals surface area contributed by atoms with Crippen LogP contribution in [0.4, 0.5) is 5.69 Å². The number of fused-ring (bicyclic) bond motifs is 1. The summed E-state index contributed by atoms with van der Waals surface area (Å²) in [6.07, 6.45) is 4.56. The monoisotopic (exact) mass is 342 g/mol. The number of nitrogens with zero attached hydrogens (tertiary/aromatic N) is 3. The number of benzene rings is 1. The minimum atomic E-state index is -0.439. The Morgan fingerprint density at radius 1 is 1.20 bits per heavy atom. The van der Waals surface area contributed by atoms with Gasteiger partial charge in [0, 0.05) is 37.2 Å². The minimum Gasteiger partial charge on any atom is -0.396 e. The number of rotatable bonds is 3. The van der Waals surface area contributed by atoms with Crippen molar-refractivity contribution in [2.75, 3.05) is 24.6 Å². The Hall–Kier alpha value is -2.41. The molecule has 0 radical (unpaired) electrons. The summed E-state index contributed by atoms with van der Waals surface area (Å²) >= 11 is 0. The first-order valence-corrected chi connectivity index (χ1v) is 8.82. The Labute approximate surface area is 145 Å². The van der Waals surface area contributed by atoms with Crippen LogP contribution < -0.4 is 10.2 Å². The average molecular weight is 342 g/mol. The summed E-state index contributed by atoms with van der Waals surface area (Å²) in [5.41, 5.74) is 2.02. The predicted molar refractivity (Wildman–Crippen MR) is 93.2 cm³/mol. The van der Waals surface area contributed by atoms with Gasteiger partial charge in [-0.05, 0) is 43.4 Å². The molecule has 25 heavy (non-hydrogen) atoms. The third-order valence-electron chi connectivity index (χ3n) is 5.33. The zero-order chi connectivity index (χ0) is 17.4. The molecule has 2 saturated heterocycles. The molecule has 2 aliphatic heterocycles. The lowest BCUT2D eigenvalue weighted by atomic mass is 9.97. The van der Waals surface area contributed by atoms with Crippen molar-refractivity contribution in [2.24, 2.45) is 5.92 Å². The maximum atomic E-state index is 12.2. The van der Waals surface area contributed by atoms with Crippen LogP contribution in [-0.4, -0.2) is 46.4 Å².